The molecule has 0 unspecified atom stereocenters. The number of sulfonamides is 1. The van der Waals surface area contributed by atoms with Gasteiger partial charge in [-0.1, -0.05) is 12.1 Å². The van der Waals surface area contributed by atoms with Gasteiger partial charge in [-0.05, 0) is 50.5 Å². The summed E-state index contributed by atoms with van der Waals surface area (Å²) in [6.07, 6.45) is 2.65. The lowest BCUT2D eigenvalue weighted by Gasteiger charge is -2.31. The minimum Gasteiger partial charge on any atom is -0.459 e. The van der Waals surface area contributed by atoms with Crippen molar-refractivity contribution in [3.8, 4) is 0 Å². The van der Waals surface area contributed by atoms with Crippen LogP contribution in [0.4, 0.5) is 0 Å². The number of carbonyl (C=O) groups excluding carboxylic acids is 1. The highest BCUT2D eigenvalue weighted by Crippen LogP contribution is 2.22. The maximum absolute atomic E-state index is 12.7. The number of amides is 1. The summed E-state index contributed by atoms with van der Waals surface area (Å²) in [5.74, 6) is 0.0669. The van der Waals surface area contributed by atoms with Gasteiger partial charge in [0.25, 0.3) is 5.91 Å². The molecule has 25 heavy (non-hydrogen) atoms. The minimum atomic E-state index is -3.48. The topological polar surface area (TPSA) is 79.6 Å². The molecular formula is C18H22N2O4S. The predicted molar refractivity (Wildman–Crippen MR) is 93.9 cm³/mol. The fraction of sp³-hybridized carbons (Fsp3) is 0.389. The Balaban J connectivity index is 1.62. The lowest BCUT2D eigenvalue weighted by atomic mass is 10.1. The minimum absolute atomic E-state index is 0.0547. The van der Waals surface area contributed by atoms with Crippen LogP contribution in [0, 0.1) is 13.8 Å². The maximum Gasteiger partial charge on any atom is 0.287 e. The number of nitrogens with one attached hydrogen (secondary N) is 1. The summed E-state index contributed by atoms with van der Waals surface area (Å²) in [6, 6.07) is 8.61. The standard InChI is InChI=1S/C18H22N2O4S/c1-13-4-3-5-16(12-13)25(22,23)20-9-6-15(7-10-20)19-18(21)17-14(2)8-11-24-17/h3-5,8,11-12,15H,6-7,9-10H2,1-2H3,(H,19,21). The van der Waals surface area contributed by atoms with Gasteiger partial charge in [0.05, 0.1) is 11.2 Å². The van der Waals surface area contributed by atoms with E-state index < -0.39 is 10.0 Å². The van der Waals surface area contributed by atoms with Gasteiger partial charge in [0.15, 0.2) is 5.76 Å². The van der Waals surface area contributed by atoms with Gasteiger partial charge < -0.3 is 9.73 Å². The average molecular weight is 362 g/mol. The van der Waals surface area contributed by atoms with Crippen LogP contribution in [0.1, 0.15) is 34.5 Å². The van der Waals surface area contributed by atoms with Crippen LogP contribution in [-0.2, 0) is 10.0 Å². The van der Waals surface area contributed by atoms with E-state index in [0.717, 1.165) is 11.1 Å². The van der Waals surface area contributed by atoms with E-state index >= 15 is 0 Å². The average Bonchev–Trinajstić information content (AvgIpc) is 3.01. The lowest BCUT2D eigenvalue weighted by Crippen LogP contribution is -2.46. The molecular weight excluding hydrogens is 340 g/mol. The number of nitrogens with zero attached hydrogens (tertiary/aromatic N) is 1. The molecule has 0 spiro atoms. The summed E-state index contributed by atoms with van der Waals surface area (Å²) in [5, 5.41) is 2.93. The van der Waals surface area contributed by atoms with Gasteiger partial charge in [-0.25, -0.2) is 8.42 Å². The number of carbonyl (C=O) groups is 1. The van der Waals surface area contributed by atoms with Gasteiger partial charge in [0.1, 0.15) is 0 Å². The van der Waals surface area contributed by atoms with Crippen molar-refractivity contribution in [3.05, 3.63) is 53.5 Å². The maximum atomic E-state index is 12.7. The largest absolute Gasteiger partial charge is 0.459 e. The molecule has 1 aromatic heterocycles. The van der Waals surface area contributed by atoms with Crippen LogP contribution in [-0.4, -0.2) is 37.8 Å². The highest BCUT2D eigenvalue weighted by molar-refractivity contribution is 7.89. The summed E-state index contributed by atoms with van der Waals surface area (Å²) >= 11 is 0. The molecule has 6 nitrogen and oxygen atoms in total. The molecule has 7 heteroatoms. The van der Waals surface area contributed by atoms with Crippen molar-refractivity contribution in [1.82, 2.24) is 9.62 Å². The van der Waals surface area contributed by atoms with Crippen molar-refractivity contribution in [2.24, 2.45) is 0 Å². The van der Waals surface area contributed by atoms with Crippen molar-refractivity contribution in [2.45, 2.75) is 37.6 Å². The van der Waals surface area contributed by atoms with Crippen LogP contribution in [0.5, 0.6) is 0 Å². The Hall–Kier alpha value is -2.12. The quantitative estimate of drug-likeness (QED) is 0.906. The monoisotopic (exact) mass is 362 g/mol. The summed E-state index contributed by atoms with van der Waals surface area (Å²) in [6.45, 7) is 4.46. The van der Waals surface area contributed by atoms with Crippen LogP contribution < -0.4 is 5.32 Å². The lowest BCUT2D eigenvalue weighted by molar-refractivity contribution is 0.0895. The first-order chi connectivity index (χ1) is 11.9. The predicted octanol–water partition coefficient (Wildman–Crippen LogP) is 2.48. The van der Waals surface area contributed by atoms with E-state index in [1.807, 2.05) is 19.9 Å². The van der Waals surface area contributed by atoms with Crippen LogP contribution >= 0.6 is 0 Å². The summed E-state index contributed by atoms with van der Waals surface area (Å²) < 4.78 is 32.1. The third-order valence-electron chi connectivity index (χ3n) is 4.48. The first kappa shape index (κ1) is 17.7. The molecule has 1 aliphatic rings. The fourth-order valence-electron chi connectivity index (χ4n) is 3.02. The second-order valence-electron chi connectivity index (χ2n) is 6.40. The second-order valence-corrected chi connectivity index (χ2v) is 8.34. The third kappa shape index (κ3) is 3.77. The van der Waals surface area contributed by atoms with Crippen LogP contribution in [0.2, 0.25) is 0 Å². The van der Waals surface area contributed by atoms with Crippen molar-refractivity contribution in [2.75, 3.05) is 13.1 Å². The van der Waals surface area contributed by atoms with Gasteiger partial charge in [-0.2, -0.15) is 4.31 Å². The zero-order valence-electron chi connectivity index (χ0n) is 14.4. The number of aryl methyl sites for hydroxylation is 2. The summed E-state index contributed by atoms with van der Waals surface area (Å²) in [5.41, 5.74) is 1.70. The number of hydrogen-bond acceptors (Lipinski definition) is 4. The molecule has 1 aromatic carbocycles. The normalized spacial score (nSPS) is 16.7. The Labute approximate surface area is 147 Å². The fourth-order valence-corrected chi connectivity index (χ4v) is 4.60. The Morgan fingerprint density at radius 3 is 2.52 bits per heavy atom. The Kier molecular flexibility index (Phi) is 4.96. The molecule has 0 saturated carbocycles. The molecule has 0 radical (unpaired) electrons. The van der Waals surface area contributed by atoms with Crippen molar-refractivity contribution >= 4 is 15.9 Å². The van der Waals surface area contributed by atoms with E-state index in [9.17, 15) is 13.2 Å². The van der Waals surface area contributed by atoms with Gasteiger partial charge in [0, 0.05) is 24.7 Å². The molecule has 1 aliphatic heterocycles. The van der Waals surface area contributed by atoms with E-state index in [-0.39, 0.29) is 11.9 Å². The molecule has 0 aliphatic carbocycles. The van der Waals surface area contributed by atoms with Gasteiger partial charge in [-0.15, -0.1) is 0 Å². The molecule has 1 N–H and O–H groups in total. The second kappa shape index (κ2) is 7.01. The number of benzene rings is 1. The van der Waals surface area contributed by atoms with E-state index in [1.54, 1.807) is 24.3 Å². The van der Waals surface area contributed by atoms with Crippen LogP contribution in [0.25, 0.3) is 0 Å². The molecule has 0 bridgehead atoms. The highest BCUT2D eigenvalue weighted by atomic mass is 32.2. The number of furan rings is 1. The first-order valence-electron chi connectivity index (χ1n) is 8.29. The summed E-state index contributed by atoms with van der Waals surface area (Å²) in [4.78, 5) is 12.5. The number of hydrogen-bond donors (Lipinski definition) is 1. The van der Waals surface area contributed by atoms with E-state index in [2.05, 4.69) is 5.32 Å². The Morgan fingerprint density at radius 2 is 1.92 bits per heavy atom. The molecule has 1 saturated heterocycles. The molecule has 0 atom stereocenters. The van der Waals surface area contributed by atoms with E-state index in [0.29, 0.717) is 36.6 Å². The molecule has 1 fully saturated rings. The first-order valence-corrected chi connectivity index (χ1v) is 9.74. The van der Waals surface area contributed by atoms with Gasteiger partial charge >= 0.3 is 0 Å². The molecule has 3 rings (SSSR count). The molecule has 134 valence electrons. The van der Waals surface area contributed by atoms with Crippen molar-refractivity contribution in [3.63, 3.8) is 0 Å². The zero-order chi connectivity index (χ0) is 18.0. The smallest absolute Gasteiger partial charge is 0.287 e. The van der Waals surface area contributed by atoms with E-state index in [1.165, 1.54) is 10.6 Å². The Bertz CT molecular complexity index is 865. The van der Waals surface area contributed by atoms with Crippen LogP contribution in [0.3, 0.4) is 0 Å². The van der Waals surface area contributed by atoms with Crippen molar-refractivity contribution < 1.29 is 17.6 Å². The third-order valence-corrected chi connectivity index (χ3v) is 6.38. The Morgan fingerprint density at radius 1 is 1.20 bits per heavy atom. The number of piperidine rings is 1. The molecule has 2 heterocycles. The van der Waals surface area contributed by atoms with Crippen molar-refractivity contribution in [1.29, 1.82) is 0 Å². The van der Waals surface area contributed by atoms with Crippen LogP contribution in [0.15, 0.2) is 45.9 Å². The number of rotatable bonds is 4. The SMILES string of the molecule is Cc1cccc(S(=O)(=O)N2CCC(NC(=O)c3occc3C)CC2)c1. The van der Waals surface area contributed by atoms with Gasteiger partial charge in [0.2, 0.25) is 10.0 Å². The van der Waals surface area contributed by atoms with Gasteiger partial charge in [-0.3, -0.25) is 4.79 Å². The molecule has 1 amide bonds. The highest BCUT2D eigenvalue weighted by Gasteiger charge is 2.30. The summed E-state index contributed by atoms with van der Waals surface area (Å²) in [7, 11) is -3.48. The molecule has 2 aromatic rings. The van der Waals surface area contributed by atoms with E-state index in [4.69, 9.17) is 4.42 Å². The zero-order valence-corrected chi connectivity index (χ0v) is 15.2.